The van der Waals surface area contributed by atoms with Crippen molar-refractivity contribution in [2.45, 2.75) is 18.9 Å². The SMILES string of the molecule is N[C@H](CCC(=O)O)c1ccc(F)nc1. The molecule has 0 aromatic carbocycles. The third-order valence-corrected chi connectivity index (χ3v) is 1.85. The molecule has 0 bridgehead atoms. The fraction of sp³-hybridized carbons (Fsp3) is 0.333. The number of carboxylic acid groups (broad SMARTS) is 1. The molecule has 1 aromatic heterocycles. The molecule has 0 radical (unpaired) electrons. The highest BCUT2D eigenvalue weighted by Crippen LogP contribution is 2.14. The van der Waals surface area contributed by atoms with Crippen molar-refractivity contribution in [2.75, 3.05) is 0 Å². The van der Waals surface area contributed by atoms with Crippen molar-refractivity contribution in [3.05, 3.63) is 29.8 Å². The van der Waals surface area contributed by atoms with E-state index in [0.29, 0.717) is 12.0 Å². The van der Waals surface area contributed by atoms with Crippen LogP contribution in [0.15, 0.2) is 18.3 Å². The molecule has 0 unspecified atom stereocenters. The van der Waals surface area contributed by atoms with E-state index in [1.807, 2.05) is 0 Å². The second-order valence-electron chi connectivity index (χ2n) is 2.95. The number of rotatable bonds is 4. The summed E-state index contributed by atoms with van der Waals surface area (Å²) in [6.45, 7) is 0. The van der Waals surface area contributed by atoms with Gasteiger partial charge in [0.25, 0.3) is 0 Å². The second-order valence-corrected chi connectivity index (χ2v) is 2.95. The Morgan fingerprint density at radius 1 is 1.64 bits per heavy atom. The first-order chi connectivity index (χ1) is 6.59. The van der Waals surface area contributed by atoms with E-state index >= 15 is 0 Å². The molecular formula is C9H11FN2O2. The lowest BCUT2D eigenvalue weighted by molar-refractivity contribution is -0.137. The van der Waals surface area contributed by atoms with Gasteiger partial charge in [0.1, 0.15) is 0 Å². The number of halogens is 1. The Morgan fingerprint density at radius 2 is 2.36 bits per heavy atom. The maximum Gasteiger partial charge on any atom is 0.303 e. The van der Waals surface area contributed by atoms with Crippen molar-refractivity contribution < 1.29 is 14.3 Å². The van der Waals surface area contributed by atoms with E-state index in [-0.39, 0.29) is 6.42 Å². The lowest BCUT2D eigenvalue weighted by Crippen LogP contribution is -2.12. The number of nitrogens with zero attached hydrogens (tertiary/aromatic N) is 1. The molecule has 0 aliphatic carbocycles. The predicted molar refractivity (Wildman–Crippen MR) is 48.0 cm³/mol. The summed E-state index contributed by atoms with van der Waals surface area (Å²) in [5, 5.41) is 8.42. The number of aromatic nitrogens is 1. The van der Waals surface area contributed by atoms with Crippen molar-refractivity contribution in [3.63, 3.8) is 0 Å². The van der Waals surface area contributed by atoms with E-state index < -0.39 is 18.0 Å². The van der Waals surface area contributed by atoms with Gasteiger partial charge in [-0.25, -0.2) is 4.98 Å². The number of nitrogens with two attached hydrogens (primary N) is 1. The molecule has 1 heterocycles. The van der Waals surface area contributed by atoms with Crippen LogP contribution in [-0.2, 0) is 4.79 Å². The van der Waals surface area contributed by atoms with Crippen molar-refractivity contribution in [3.8, 4) is 0 Å². The molecule has 0 saturated heterocycles. The summed E-state index contributed by atoms with van der Waals surface area (Å²) < 4.78 is 12.4. The van der Waals surface area contributed by atoms with E-state index in [4.69, 9.17) is 10.8 Å². The van der Waals surface area contributed by atoms with Gasteiger partial charge in [0.2, 0.25) is 5.95 Å². The van der Waals surface area contributed by atoms with Crippen LogP contribution in [0.1, 0.15) is 24.4 Å². The highest BCUT2D eigenvalue weighted by atomic mass is 19.1. The maximum absolute atomic E-state index is 12.4. The highest BCUT2D eigenvalue weighted by Gasteiger charge is 2.08. The van der Waals surface area contributed by atoms with Crippen molar-refractivity contribution in [1.29, 1.82) is 0 Å². The fourth-order valence-corrected chi connectivity index (χ4v) is 1.05. The van der Waals surface area contributed by atoms with Crippen LogP contribution < -0.4 is 5.73 Å². The summed E-state index contributed by atoms with van der Waals surface area (Å²) in [4.78, 5) is 13.7. The molecule has 14 heavy (non-hydrogen) atoms. The van der Waals surface area contributed by atoms with Crippen molar-refractivity contribution in [1.82, 2.24) is 4.98 Å². The molecule has 0 aliphatic rings. The summed E-state index contributed by atoms with van der Waals surface area (Å²) in [7, 11) is 0. The van der Waals surface area contributed by atoms with E-state index in [1.165, 1.54) is 18.3 Å². The maximum atomic E-state index is 12.4. The van der Waals surface area contributed by atoms with Gasteiger partial charge in [-0.1, -0.05) is 6.07 Å². The lowest BCUT2D eigenvalue weighted by Gasteiger charge is -2.09. The largest absolute Gasteiger partial charge is 0.481 e. The van der Waals surface area contributed by atoms with Crippen LogP contribution in [0.3, 0.4) is 0 Å². The van der Waals surface area contributed by atoms with Crippen LogP contribution in [0, 0.1) is 5.95 Å². The van der Waals surface area contributed by atoms with Crippen molar-refractivity contribution >= 4 is 5.97 Å². The third kappa shape index (κ3) is 3.10. The number of carboxylic acids is 1. The first-order valence-electron chi connectivity index (χ1n) is 4.18. The zero-order valence-electron chi connectivity index (χ0n) is 7.48. The second kappa shape index (κ2) is 4.66. The molecule has 4 nitrogen and oxygen atoms in total. The molecule has 76 valence electrons. The summed E-state index contributed by atoms with van der Waals surface area (Å²) in [5.74, 6) is -1.46. The van der Waals surface area contributed by atoms with Crippen LogP contribution >= 0.6 is 0 Å². The molecule has 0 amide bonds. The molecule has 1 rings (SSSR count). The van der Waals surface area contributed by atoms with E-state index in [0.717, 1.165) is 0 Å². The first kappa shape index (κ1) is 10.6. The zero-order chi connectivity index (χ0) is 10.6. The Bertz CT molecular complexity index is 313. The van der Waals surface area contributed by atoms with Gasteiger partial charge in [-0.2, -0.15) is 4.39 Å². The van der Waals surface area contributed by atoms with Gasteiger partial charge in [0, 0.05) is 18.7 Å². The summed E-state index contributed by atoms with van der Waals surface area (Å²) in [6, 6.07) is 2.31. The van der Waals surface area contributed by atoms with E-state index in [9.17, 15) is 9.18 Å². The highest BCUT2D eigenvalue weighted by molar-refractivity contribution is 5.66. The molecular weight excluding hydrogens is 187 g/mol. The predicted octanol–water partition coefficient (Wildman–Crippen LogP) is 1.09. The fourth-order valence-electron chi connectivity index (χ4n) is 1.05. The number of hydrogen-bond acceptors (Lipinski definition) is 3. The monoisotopic (exact) mass is 198 g/mol. The van der Waals surface area contributed by atoms with Gasteiger partial charge in [-0.15, -0.1) is 0 Å². The van der Waals surface area contributed by atoms with Gasteiger partial charge in [-0.3, -0.25) is 4.79 Å². The topological polar surface area (TPSA) is 76.2 Å². The Hall–Kier alpha value is -1.49. The number of carbonyl (C=O) groups is 1. The summed E-state index contributed by atoms with van der Waals surface area (Å²) >= 11 is 0. The Balaban J connectivity index is 2.56. The van der Waals surface area contributed by atoms with Crippen LogP contribution in [-0.4, -0.2) is 16.1 Å². The first-order valence-corrected chi connectivity index (χ1v) is 4.18. The van der Waals surface area contributed by atoms with Gasteiger partial charge < -0.3 is 10.8 Å². The smallest absolute Gasteiger partial charge is 0.303 e. The molecule has 0 fully saturated rings. The van der Waals surface area contributed by atoms with Gasteiger partial charge in [-0.05, 0) is 18.1 Å². The molecule has 1 aromatic rings. The van der Waals surface area contributed by atoms with Gasteiger partial charge in [0.05, 0.1) is 0 Å². The minimum Gasteiger partial charge on any atom is -0.481 e. The standard InChI is InChI=1S/C9H11FN2O2/c10-8-3-1-6(5-12-8)7(11)2-4-9(13)14/h1,3,5,7H,2,4,11H2,(H,13,14)/t7-/m1/s1. The quantitative estimate of drug-likeness (QED) is 0.710. The minimum atomic E-state index is -0.893. The van der Waals surface area contributed by atoms with Crippen LogP contribution in [0.2, 0.25) is 0 Å². The molecule has 3 N–H and O–H groups in total. The summed E-state index contributed by atoms with van der Waals surface area (Å²) in [5.41, 5.74) is 6.31. The normalized spacial score (nSPS) is 12.4. The van der Waals surface area contributed by atoms with Crippen LogP contribution in [0.4, 0.5) is 4.39 Å². The van der Waals surface area contributed by atoms with E-state index in [1.54, 1.807) is 0 Å². The average Bonchev–Trinajstić information content (AvgIpc) is 2.15. The Morgan fingerprint density at radius 3 is 2.86 bits per heavy atom. The number of hydrogen-bond donors (Lipinski definition) is 2. The number of pyridine rings is 1. The third-order valence-electron chi connectivity index (χ3n) is 1.85. The van der Waals surface area contributed by atoms with Gasteiger partial charge >= 0.3 is 5.97 Å². The van der Waals surface area contributed by atoms with E-state index in [2.05, 4.69) is 4.98 Å². The Labute approximate surface area is 80.6 Å². The van der Waals surface area contributed by atoms with Gasteiger partial charge in [0.15, 0.2) is 0 Å². The molecule has 0 aliphatic heterocycles. The summed E-state index contributed by atoms with van der Waals surface area (Å²) in [6.07, 6.45) is 1.64. The van der Waals surface area contributed by atoms with Crippen LogP contribution in [0.5, 0.6) is 0 Å². The molecule has 0 spiro atoms. The molecule has 5 heteroatoms. The van der Waals surface area contributed by atoms with Crippen LogP contribution in [0.25, 0.3) is 0 Å². The Kier molecular flexibility index (Phi) is 3.53. The lowest BCUT2D eigenvalue weighted by atomic mass is 10.1. The molecule has 1 atom stereocenters. The zero-order valence-corrected chi connectivity index (χ0v) is 7.48. The van der Waals surface area contributed by atoms with Crippen molar-refractivity contribution in [2.24, 2.45) is 5.73 Å². The minimum absolute atomic E-state index is 0.00145. The average molecular weight is 198 g/mol. The number of aliphatic carboxylic acids is 1. The molecule has 0 saturated carbocycles.